The first kappa shape index (κ1) is 34.7. The van der Waals surface area contributed by atoms with E-state index in [9.17, 15) is 20.1 Å². The molecular weight excluding hydrogens is 568 g/mol. The van der Waals surface area contributed by atoms with Gasteiger partial charge in [-0.05, 0) is 129 Å². The van der Waals surface area contributed by atoms with E-state index in [1.54, 1.807) is 13.8 Å². The topological polar surface area (TPSA) is 121 Å². The number of benzene rings is 1. The summed E-state index contributed by atoms with van der Waals surface area (Å²) in [6, 6.07) is 3.76. The average Bonchev–Trinajstić information content (AvgIpc) is 2.90. The van der Waals surface area contributed by atoms with Crippen LogP contribution in [0, 0.1) is 28.1 Å². The fourth-order valence-electron chi connectivity index (χ4n) is 7.95. The zero-order valence-corrected chi connectivity index (χ0v) is 28.8. The van der Waals surface area contributed by atoms with Crippen LogP contribution in [0.2, 0.25) is 0 Å². The van der Waals surface area contributed by atoms with E-state index in [1.165, 1.54) is 12.1 Å². The van der Waals surface area contributed by atoms with Gasteiger partial charge in [0.15, 0.2) is 28.8 Å². The first-order valence-electron chi connectivity index (χ1n) is 16.2. The molecule has 3 aliphatic rings. The molecule has 1 saturated carbocycles. The Balaban J connectivity index is 2.07. The van der Waals surface area contributed by atoms with Crippen molar-refractivity contribution < 1.29 is 34.4 Å². The molecule has 1 heterocycles. The first-order valence-corrected chi connectivity index (χ1v) is 16.2. The summed E-state index contributed by atoms with van der Waals surface area (Å²) < 4.78 is 6.79. The van der Waals surface area contributed by atoms with Gasteiger partial charge in [-0.2, -0.15) is 0 Å². The molecule has 2 fully saturated rings. The Hall–Kier alpha value is -3.19. The molecule has 7 nitrogen and oxygen atoms in total. The summed E-state index contributed by atoms with van der Waals surface area (Å²) in [5, 5.41) is 30.9. The number of carbonyl (C=O) groups excluding carboxylic acids is 3. The molecule has 1 aromatic rings. The number of allylic oxidation sites excluding steroid dienone is 6. The predicted molar refractivity (Wildman–Crippen MR) is 175 cm³/mol. The normalized spacial score (nSPS) is 28.6. The molecule has 2 bridgehead atoms. The Bertz CT molecular complexity index is 1490. The Morgan fingerprint density at radius 1 is 0.956 bits per heavy atom. The lowest BCUT2D eigenvalue weighted by Crippen LogP contribution is -2.69. The lowest BCUT2D eigenvalue weighted by atomic mass is 9.39. The van der Waals surface area contributed by atoms with Crippen LogP contribution in [0.25, 0.3) is 0 Å². The van der Waals surface area contributed by atoms with Gasteiger partial charge in [-0.15, -0.1) is 0 Å². The van der Waals surface area contributed by atoms with Crippen molar-refractivity contribution in [1.82, 2.24) is 0 Å². The number of ether oxygens (including phenoxy) is 1. The van der Waals surface area contributed by atoms with E-state index >= 15 is 9.59 Å². The summed E-state index contributed by atoms with van der Waals surface area (Å²) in [6.45, 7) is 19.3. The number of aromatic hydroxyl groups is 2. The fourth-order valence-corrected chi connectivity index (χ4v) is 7.95. The Morgan fingerprint density at radius 2 is 1.56 bits per heavy atom. The van der Waals surface area contributed by atoms with Gasteiger partial charge in [-0.25, -0.2) is 0 Å². The standard InChI is InChI=1S/C38H52O7/c1-22(2)11-13-25-20-37-21-26(16-17-34(5,6)44)36(9,10)45-32(37)29(30(41)24-12-14-27(39)28(40)19-24)31(42)38(33(37)43,35(25,7)8)18-15-23(3)4/h11-12,14-15,19,25-26,39-40,44H,13,16-18,20-21H2,1-10H3. The van der Waals surface area contributed by atoms with Crippen LogP contribution in [0.5, 0.6) is 11.5 Å². The van der Waals surface area contributed by atoms with E-state index in [2.05, 4.69) is 6.08 Å². The number of phenolic OH excluding ortho intramolecular Hbond substituents is 2. The third-order valence-electron chi connectivity index (χ3n) is 11.0. The molecule has 4 unspecified atom stereocenters. The molecule has 0 amide bonds. The molecule has 1 aromatic carbocycles. The summed E-state index contributed by atoms with van der Waals surface area (Å²) >= 11 is 0. The molecule has 1 spiro atoms. The van der Waals surface area contributed by atoms with Crippen LogP contribution in [0.4, 0.5) is 0 Å². The molecule has 0 radical (unpaired) electrons. The second-order valence-electron chi connectivity index (χ2n) is 16.0. The van der Waals surface area contributed by atoms with Crippen molar-refractivity contribution in [3.05, 3.63) is 58.4 Å². The molecule has 1 aliphatic heterocycles. The molecule has 7 heteroatoms. The highest BCUT2D eigenvalue weighted by Crippen LogP contribution is 2.69. The van der Waals surface area contributed by atoms with Crippen molar-refractivity contribution in [1.29, 1.82) is 0 Å². The third kappa shape index (κ3) is 5.82. The number of carbonyl (C=O) groups is 3. The fraction of sp³-hybridized carbons (Fsp3) is 0.605. The first-order chi connectivity index (χ1) is 20.6. The van der Waals surface area contributed by atoms with Gasteiger partial charge in [0.1, 0.15) is 22.3 Å². The van der Waals surface area contributed by atoms with Gasteiger partial charge in [0.2, 0.25) is 0 Å². The summed E-state index contributed by atoms with van der Waals surface area (Å²) in [4.78, 5) is 45.0. The number of fused-ring (bicyclic) bond motifs is 1. The van der Waals surface area contributed by atoms with E-state index in [0.717, 1.165) is 17.2 Å². The SMILES string of the molecule is CC(C)=CCC1CC23CC(CCC(C)(C)O)C(C)(C)OC2=C(C(=O)c2ccc(O)c(O)c2)C(=O)C(CC=C(C)C)(C3=O)C1(C)C. The van der Waals surface area contributed by atoms with Crippen molar-refractivity contribution in [2.45, 2.75) is 119 Å². The van der Waals surface area contributed by atoms with Crippen LogP contribution < -0.4 is 0 Å². The number of aliphatic hydroxyl groups is 1. The molecule has 0 aromatic heterocycles. The van der Waals surface area contributed by atoms with E-state index in [4.69, 9.17) is 4.74 Å². The number of Topliss-reactive ketones (excluding diaryl/α,β-unsaturated/α-hetero) is 3. The van der Waals surface area contributed by atoms with Gasteiger partial charge in [-0.1, -0.05) is 37.1 Å². The molecule has 4 rings (SSSR count). The largest absolute Gasteiger partial charge is 0.504 e. The number of hydrogen-bond donors (Lipinski definition) is 3. The van der Waals surface area contributed by atoms with Crippen LogP contribution >= 0.6 is 0 Å². The minimum absolute atomic E-state index is 0.0329. The molecule has 4 atom stereocenters. The maximum Gasteiger partial charge on any atom is 0.200 e. The molecule has 246 valence electrons. The van der Waals surface area contributed by atoms with Crippen molar-refractivity contribution >= 4 is 17.3 Å². The second kappa shape index (κ2) is 11.6. The maximum atomic E-state index is 15.4. The van der Waals surface area contributed by atoms with E-state index in [-0.39, 0.29) is 46.7 Å². The minimum Gasteiger partial charge on any atom is -0.504 e. The van der Waals surface area contributed by atoms with Crippen LogP contribution in [-0.4, -0.2) is 43.9 Å². The van der Waals surface area contributed by atoms with Crippen molar-refractivity contribution in [3.63, 3.8) is 0 Å². The number of rotatable bonds is 9. The zero-order chi connectivity index (χ0) is 33.9. The van der Waals surface area contributed by atoms with Crippen molar-refractivity contribution in [2.75, 3.05) is 0 Å². The Morgan fingerprint density at radius 3 is 2.11 bits per heavy atom. The Kier molecular flexibility index (Phi) is 8.91. The van der Waals surface area contributed by atoms with Gasteiger partial charge in [0.25, 0.3) is 0 Å². The number of ketones is 3. The Labute approximate surface area is 268 Å². The summed E-state index contributed by atoms with van der Waals surface area (Å²) in [6.07, 6.45) is 6.87. The average molecular weight is 621 g/mol. The number of phenols is 2. The minimum atomic E-state index is -1.53. The van der Waals surface area contributed by atoms with Gasteiger partial charge in [-0.3, -0.25) is 14.4 Å². The van der Waals surface area contributed by atoms with E-state index in [1.807, 2.05) is 61.5 Å². The third-order valence-corrected chi connectivity index (χ3v) is 11.0. The highest BCUT2D eigenvalue weighted by molar-refractivity contribution is 6.35. The van der Waals surface area contributed by atoms with Gasteiger partial charge >= 0.3 is 0 Å². The van der Waals surface area contributed by atoms with Crippen LogP contribution in [-0.2, 0) is 14.3 Å². The summed E-state index contributed by atoms with van der Waals surface area (Å²) in [5.41, 5.74) is -3.29. The van der Waals surface area contributed by atoms with Crippen molar-refractivity contribution in [2.24, 2.45) is 28.1 Å². The highest BCUT2D eigenvalue weighted by atomic mass is 16.5. The highest BCUT2D eigenvalue weighted by Gasteiger charge is 2.74. The second-order valence-corrected chi connectivity index (χ2v) is 16.0. The van der Waals surface area contributed by atoms with E-state index < -0.39 is 44.8 Å². The monoisotopic (exact) mass is 620 g/mol. The van der Waals surface area contributed by atoms with Crippen LogP contribution in [0.3, 0.4) is 0 Å². The smallest absolute Gasteiger partial charge is 0.200 e. The van der Waals surface area contributed by atoms with Crippen LogP contribution in [0.15, 0.2) is 52.8 Å². The molecular formula is C38H52O7. The van der Waals surface area contributed by atoms with Crippen molar-refractivity contribution in [3.8, 4) is 11.5 Å². The van der Waals surface area contributed by atoms with E-state index in [0.29, 0.717) is 32.1 Å². The van der Waals surface area contributed by atoms with Gasteiger partial charge in [0.05, 0.1) is 11.0 Å². The maximum absolute atomic E-state index is 15.4. The summed E-state index contributed by atoms with van der Waals surface area (Å²) in [7, 11) is 0. The summed E-state index contributed by atoms with van der Waals surface area (Å²) in [5.74, 6) is -2.26. The quantitative estimate of drug-likeness (QED) is 0.0847. The number of hydrogen-bond acceptors (Lipinski definition) is 7. The molecule has 1 saturated heterocycles. The van der Waals surface area contributed by atoms with Gasteiger partial charge in [0, 0.05) is 5.56 Å². The lowest BCUT2D eigenvalue weighted by Gasteiger charge is -2.64. The molecule has 2 aliphatic carbocycles. The lowest BCUT2D eigenvalue weighted by molar-refractivity contribution is -0.189. The molecule has 45 heavy (non-hydrogen) atoms. The predicted octanol–water partition coefficient (Wildman–Crippen LogP) is 7.78. The zero-order valence-electron chi connectivity index (χ0n) is 28.8. The van der Waals surface area contributed by atoms with Crippen LogP contribution in [0.1, 0.15) is 118 Å². The molecule has 3 N–H and O–H groups in total. The van der Waals surface area contributed by atoms with Gasteiger partial charge < -0.3 is 20.1 Å².